The Morgan fingerprint density at radius 2 is 2.21 bits per heavy atom. The fraction of sp³-hybridized carbons (Fsp3) is 0.500. The zero-order chi connectivity index (χ0) is 10.4. The monoisotopic (exact) mass is 234 g/mol. The van der Waals surface area contributed by atoms with E-state index >= 15 is 0 Å². The zero-order valence-corrected chi connectivity index (χ0v) is 9.62. The Kier molecular flexibility index (Phi) is 4.53. The summed E-state index contributed by atoms with van der Waals surface area (Å²) in [6, 6.07) is 3.95. The fourth-order valence-corrected chi connectivity index (χ4v) is 2.57. The summed E-state index contributed by atoms with van der Waals surface area (Å²) in [4.78, 5) is 1.18. The number of hydrogen-bond donors (Lipinski definition) is 2. The van der Waals surface area contributed by atoms with Crippen molar-refractivity contribution < 1.29 is 8.42 Å². The summed E-state index contributed by atoms with van der Waals surface area (Å²) >= 11 is 1.63. The van der Waals surface area contributed by atoms with Crippen LogP contribution in [-0.4, -0.2) is 21.5 Å². The van der Waals surface area contributed by atoms with Crippen LogP contribution in [0.3, 0.4) is 0 Å². The standard InChI is InChI=1S/C8H14N2O2S2/c1-2-9-14(11,12)10-6-5-8-4-3-7-13-8/h3-4,7,9-10H,2,5-6H2,1H3. The average Bonchev–Trinajstić information content (AvgIpc) is 2.56. The van der Waals surface area contributed by atoms with Gasteiger partial charge in [0.15, 0.2) is 0 Å². The lowest BCUT2D eigenvalue weighted by Crippen LogP contribution is -2.37. The first-order valence-corrected chi connectivity index (χ1v) is 6.77. The maximum Gasteiger partial charge on any atom is 0.276 e. The van der Waals surface area contributed by atoms with Gasteiger partial charge in [-0.15, -0.1) is 11.3 Å². The molecule has 0 amide bonds. The predicted molar refractivity (Wildman–Crippen MR) is 58.6 cm³/mol. The molecule has 80 valence electrons. The van der Waals surface area contributed by atoms with Gasteiger partial charge >= 0.3 is 0 Å². The van der Waals surface area contributed by atoms with Crippen LogP contribution in [0.5, 0.6) is 0 Å². The first kappa shape index (κ1) is 11.6. The molecular formula is C8H14N2O2S2. The molecule has 2 N–H and O–H groups in total. The third-order valence-corrected chi connectivity index (χ3v) is 3.77. The molecule has 0 radical (unpaired) electrons. The minimum absolute atomic E-state index is 0.411. The Morgan fingerprint density at radius 1 is 1.43 bits per heavy atom. The van der Waals surface area contributed by atoms with Crippen LogP contribution in [0, 0.1) is 0 Å². The van der Waals surface area contributed by atoms with E-state index in [1.54, 1.807) is 18.3 Å². The molecule has 4 nitrogen and oxygen atoms in total. The molecule has 1 rings (SSSR count). The molecule has 0 spiro atoms. The number of thiophene rings is 1. The summed E-state index contributed by atoms with van der Waals surface area (Å²) in [5, 5.41) is 1.98. The summed E-state index contributed by atoms with van der Waals surface area (Å²) < 4.78 is 27.1. The highest BCUT2D eigenvalue weighted by atomic mass is 32.2. The van der Waals surface area contributed by atoms with Gasteiger partial charge in [-0.25, -0.2) is 9.44 Å². The number of rotatable bonds is 6. The van der Waals surface area contributed by atoms with Gasteiger partial charge in [0.2, 0.25) is 0 Å². The highest BCUT2D eigenvalue weighted by Gasteiger charge is 2.05. The van der Waals surface area contributed by atoms with Crippen molar-refractivity contribution in [1.29, 1.82) is 0 Å². The Bertz CT molecular complexity index is 345. The van der Waals surface area contributed by atoms with Gasteiger partial charge in [0.1, 0.15) is 0 Å². The SMILES string of the molecule is CCNS(=O)(=O)NCCc1cccs1. The summed E-state index contributed by atoms with van der Waals surface area (Å²) in [5.41, 5.74) is 0. The van der Waals surface area contributed by atoms with Crippen molar-refractivity contribution in [3.8, 4) is 0 Å². The molecule has 0 aliphatic rings. The average molecular weight is 234 g/mol. The van der Waals surface area contributed by atoms with Gasteiger partial charge in [-0.2, -0.15) is 8.42 Å². The Hall–Kier alpha value is -0.430. The molecule has 1 aromatic heterocycles. The topological polar surface area (TPSA) is 58.2 Å². The molecule has 0 aliphatic carbocycles. The quantitative estimate of drug-likeness (QED) is 0.762. The fourth-order valence-electron chi connectivity index (χ4n) is 1.00. The van der Waals surface area contributed by atoms with Crippen molar-refractivity contribution in [2.45, 2.75) is 13.3 Å². The van der Waals surface area contributed by atoms with Gasteiger partial charge in [0.05, 0.1) is 0 Å². The summed E-state index contributed by atoms with van der Waals surface area (Å²) in [6.45, 7) is 2.60. The van der Waals surface area contributed by atoms with E-state index in [4.69, 9.17) is 0 Å². The molecule has 0 aromatic carbocycles. The molecule has 0 bridgehead atoms. The molecule has 0 fully saturated rings. The lowest BCUT2D eigenvalue weighted by molar-refractivity contribution is 0.569. The van der Waals surface area contributed by atoms with Gasteiger partial charge in [0, 0.05) is 18.0 Å². The lowest BCUT2D eigenvalue weighted by Gasteiger charge is -2.04. The maximum absolute atomic E-state index is 11.1. The van der Waals surface area contributed by atoms with Crippen molar-refractivity contribution >= 4 is 21.5 Å². The highest BCUT2D eigenvalue weighted by Crippen LogP contribution is 2.08. The highest BCUT2D eigenvalue weighted by molar-refractivity contribution is 7.87. The van der Waals surface area contributed by atoms with Crippen LogP contribution < -0.4 is 9.44 Å². The first-order chi connectivity index (χ1) is 6.64. The first-order valence-electron chi connectivity index (χ1n) is 4.40. The minimum atomic E-state index is -3.28. The van der Waals surface area contributed by atoms with Crippen LogP contribution in [0.2, 0.25) is 0 Å². The van der Waals surface area contributed by atoms with Crippen molar-refractivity contribution in [3.05, 3.63) is 22.4 Å². The second-order valence-corrected chi connectivity index (χ2v) is 5.34. The molecule has 14 heavy (non-hydrogen) atoms. The van der Waals surface area contributed by atoms with Gasteiger partial charge < -0.3 is 0 Å². The molecule has 6 heteroatoms. The molecule has 0 saturated carbocycles. The third-order valence-electron chi connectivity index (χ3n) is 1.58. The summed E-state index contributed by atoms with van der Waals surface area (Å²) in [5.74, 6) is 0. The van der Waals surface area contributed by atoms with Crippen molar-refractivity contribution in [1.82, 2.24) is 9.44 Å². The number of nitrogens with one attached hydrogen (secondary N) is 2. The van der Waals surface area contributed by atoms with E-state index in [0.717, 1.165) is 6.42 Å². The van der Waals surface area contributed by atoms with E-state index in [1.165, 1.54) is 4.88 Å². The van der Waals surface area contributed by atoms with Gasteiger partial charge in [-0.3, -0.25) is 0 Å². The second-order valence-electron chi connectivity index (χ2n) is 2.73. The van der Waals surface area contributed by atoms with Crippen molar-refractivity contribution in [3.63, 3.8) is 0 Å². The van der Waals surface area contributed by atoms with E-state index in [9.17, 15) is 8.42 Å². The molecular weight excluding hydrogens is 220 g/mol. The molecule has 1 aromatic rings. The van der Waals surface area contributed by atoms with E-state index in [-0.39, 0.29) is 0 Å². The maximum atomic E-state index is 11.1. The van der Waals surface area contributed by atoms with E-state index in [0.29, 0.717) is 13.1 Å². The lowest BCUT2D eigenvalue weighted by atomic mass is 10.3. The van der Waals surface area contributed by atoms with Crippen LogP contribution in [-0.2, 0) is 16.6 Å². The van der Waals surface area contributed by atoms with Crippen molar-refractivity contribution in [2.75, 3.05) is 13.1 Å². The minimum Gasteiger partial charge on any atom is -0.203 e. The van der Waals surface area contributed by atoms with Crippen LogP contribution in [0.25, 0.3) is 0 Å². The van der Waals surface area contributed by atoms with E-state index in [1.807, 2.05) is 17.5 Å². The van der Waals surface area contributed by atoms with Crippen LogP contribution in [0.15, 0.2) is 17.5 Å². The summed E-state index contributed by atoms with van der Waals surface area (Å²) in [7, 11) is -3.28. The van der Waals surface area contributed by atoms with Gasteiger partial charge in [-0.1, -0.05) is 13.0 Å². The molecule has 1 heterocycles. The Labute approximate surface area is 88.5 Å². The number of hydrogen-bond acceptors (Lipinski definition) is 3. The molecule has 0 saturated heterocycles. The van der Waals surface area contributed by atoms with Crippen LogP contribution in [0.4, 0.5) is 0 Å². The predicted octanol–water partition coefficient (Wildman–Crippen LogP) is 0.734. The second kappa shape index (κ2) is 5.45. The van der Waals surface area contributed by atoms with E-state index < -0.39 is 10.2 Å². The van der Waals surface area contributed by atoms with Gasteiger partial charge in [-0.05, 0) is 17.9 Å². The molecule has 0 aliphatic heterocycles. The Balaban J connectivity index is 2.28. The Morgan fingerprint density at radius 3 is 2.79 bits per heavy atom. The molecule has 0 unspecified atom stereocenters. The van der Waals surface area contributed by atoms with Crippen LogP contribution >= 0.6 is 11.3 Å². The normalized spacial score (nSPS) is 11.8. The largest absolute Gasteiger partial charge is 0.276 e. The third kappa shape index (κ3) is 4.19. The molecule has 0 atom stereocenters. The van der Waals surface area contributed by atoms with Gasteiger partial charge in [0.25, 0.3) is 10.2 Å². The summed E-state index contributed by atoms with van der Waals surface area (Å²) in [6.07, 6.45) is 0.738. The zero-order valence-electron chi connectivity index (χ0n) is 7.99. The van der Waals surface area contributed by atoms with Crippen molar-refractivity contribution in [2.24, 2.45) is 0 Å². The van der Waals surface area contributed by atoms with E-state index in [2.05, 4.69) is 9.44 Å². The smallest absolute Gasteiger partial charge is 0.203 e. The van der Waals surface area contributed by atoms with Crippen LogP contribution in [0.1, 0.15) is 11.8 Å².